The number of ether oxygens (including phenoxy) is 1. The summed E-state index contributed by atoms with van der Waals surface area (Å²) in [6, 6.07) is 3.70. The van der Waals surface area contributed by atoms with Crippen LogP contribution in [0.5, 0.6) is 5.88 Å². The molecule has 0 radical (unpaired) electrons. The van der Waals surface area contributed by atoms with Crippen LogP contribution in [0, 0.1) is 0 Å². The Kier molecular flexibility index (Phi) is 3.80. The first-order chi connectivity index (χ1) is 5.83. The molecule has 0 amide bonds. The molecule has 0 saturated heterocycles. The van der Waals surface area contributed by atoms with E-state index in [-0.39, 0.29) is 0 Å². The van der Waals surface area contributed by atoms with Crippen LogP contribution < -0.4 is 4.74 Å². The van der Waals surface area contributed by atoms with Crippen LogP contribution in [-0.2, 0) is 0 Å². The quantitative estimate of drug-likeness (QED) is 0.583. The van der Waals surface area contributed by atoms with E-state index in [0.717, 1.165) is 10.9 Å². The Hall–Kier alpha value is -0.830. The molecule has 1 rings (SSSR count). The first-order valence-electron chi connectivity index (χ1n) is 3.68. The lowest BCUT2D eigenvalue weighted by molar-refractivity contribution is 0.312. The maximum Gasteiger partial charge on any atom is 0.214 e. The van der Waals surface area contributed by atoms with Crippen molar-refractivity contribution in [3.05, 3.63) is 35.5 Å². The van der Waals surface area contributed by atoms with Crippen molar-refractivity contribution in [3.63, 3.8) is 0 Å². The molecule has 1 aromatic heterocycles. The summed E-state index contributed by atoms with van der Waals surface area (Å²) >= 11 is 3.33. The summed E-state index contributed by atoms with van der Waals surface area (Å²) in [5, 5.41) is 0. The number of nitrogens with zero attached hydrogens (tertiary/aromatic N) is 1. The smallest absolute Gasteiger partial charge is 0.214 e. The second-order valence-electron chi connectivity index (χ2n) is 2.24. The standard InChI is InChI=1S/C9H10BrNO/c1-2-3-6-12-9-7-8(10)4-5-11-9/h2,4-5,7H,1,3,6H2. The van der Waals surface area contributed by atoms with Crippen molar-refractivity contribution in [1.29, 1.82) is 0 Å². The van der Waals surface area contributed by atoms with E-state index >= 15 is 0 Å². The molecule has 0 aliphatic rings. The van der Waals surface area contributed by atoms with Gasteiger partial charge in [-0.1, -0.05) is 22.0 Å². The summed E-state index contributed by atoms with van der Waals surface area (Å²) in [5.41, 5.74) is 0. The topological polar surface area (TPSA) is 22.1 Å². The fourth-order valence-electron chi connectivity index (χ4n) is 0.711. The summed E-state index contributed by atoms with van der Waals surface area (Å²) in [5.74, 6) is 0.645. The van der Waals surface area contributed by atoms with Crippen LogP contribution in [0.4, 0.5) is 0 Å². The molecular weight excluding hydrogens is 218 g/mol. The van der Waals surface area contributed by atoms with Gasteiger partial charge in [-0.15, -0.1) is 6.58 Å². The van der Waals surface area contributed by atoms with E-state index in [1.54, 1.807) is 6.20 Å². The molecule has 0 saturated carbocycles. The second-order valence-corrected chi connectivity index (χ2v) is 3.15. The number of halogens is 1. The lowest BCUT2D eigenvalue weighted by Crippen LogP contribution is -1.96. The second kappa shape index (κ2) is 4.93. The van der Waals surface area contributed by atoms with Gasteiger partial charge < -0.3 is 4.74 Å². The Balaban J connectivity index is 2.46. The number of rotatable bonds is 4. The van der Waals surface area contributed by atoms with Gasteiger partial charge in [-0.05, 0) is 12.5 Å². The van der Waals surface area contributed by atoms with E-state index in [4.69, 9.17) is 4.74 Å². The van der Waals surface area contributed by atoms with Gasteiger partial charge in [0.25, 0.3) is 0 Å². The summed E-state index contributed by atoms with van der Waals surface area (Å²) in [4.78, 5) is 4.02. The predicted octanol–water partition coefficient (Wildman–Crippen LogP) is 2.80. The van der Waals surface area contributed by atoms with Gasteiger partial charge in [0.1, 0.15) is 0 Å². The molecule has 3 heteroatoms. The number of hydrogen-bond acceptors (Lipinski definition) is 2. The fraction of sp³-hybridized carbons (Fsp3) is 0.222. The average molecular weight is 228 g/mol. The zero-order chi connectivity index (χ0) is 8.81. The zero-order valence-electron chi connectivity index (χ0n) is 6.66. The minimum absolute atomic E-state index is 0.632. The van der Waals surface area contributed by atoms with E-state index in [0.29, 0.717) is 12.5 Å². The summed E-state index contributed by atoms with van der Waals surface area (Å²) < 4.78 is 6.29. The number of pyridine rings is 1. The zero-order valence-corrected chi connectivity index (χ0v) is 8.25. The third-order valence-electron chi connectivity index (χ3n) is 1.27. The Morgan fingerprint density at radius 1 is 1.67 bits per heavy atom. The molecule has 0 spiro atoms. The molecule has 1 aromatic rings. The molecule has 0 aliphatic carbocycles. The highest BCUT2D eigenvalue weighted by Gasteiger charge is 1.93. The van der Waals surface area contributed by atoms with Crippen LogP contribution >= 0.6 is 15.9 Å². The average Bonchev–Trinajstić information content (AvgIpc) is 2.05. The van der Waals surface area contributed by atoms with E-state index in [1.165, 1.54) is 0 Å². The molecule has 12 heavy (non-hydrogen) atoms. The van der Waals surface area contributed by atoms with Gasteiger partial charge >= 0.3 is 0 Å². The summed E-state index contributed by atoms with van der Waals surface area (Å²) in [6.07, 6.45) is 4.36. The molecule has 0 aromatic carbocycles. The molecule has 64 valence electrons. The van der Waals surface area contributed by atoms with Gasteiger partial charge in [-0.3, -0.25) is 0 Å². The molecule has 0 aliphatic heterocycles. The Morgan fingerprint density at radius 3 is 3.17 bits per heavy atom. The lowest BCUT2D eigenvalue weighted by Gasteiger charge is -2.02. The fourth-order valence-corrected chi connectivity index (χ4v) is 1.03. The van der Waals surface area contributed by atoms with E-state index in [1.807, 2.05) is 18.2 Å². The molecule has 0 atom stereocenters. The Bertz CT molecular complexity index is 262. The van der Waals surface area contributed by atoms with Crippen LogP contribution in [0.25, 0.3) is 0 Å². The van der Waals surface area contributed by atoms with Crippen molar-refractivity contribution in [1.82, 2.24) is 4.98 Å². The van der Waals surface area contributed by atoms with Crippen LogP contribution in [0.3, 0.4) is 0 Å². The van der Waals surface area contributed by atoms with E-state index in [2.05, 4.69) is 27.5 Å². The maximum atomic E-state index is 5.31. The SMILES string of the molecule is C=CCCOc1cc(Br)ccn1. The Morgan fingerprint density at radius 2 is 2.50 bits per heavy atom. The molecule has 1 heterocycles. The van der Waals surface area contributed by atoms with Gasteiger partial charge in [-0.25, -0.2) is 4.98 Å². The minimum atomic E-state index is 0.632. The number of hydrogen-bond donors (Lipinski definition) is 0. The maximum absolute atomic E-state index is 5.31. The molecule has 0 fully saturated rings. The van der Waals surface area contributed by atoms with Gasteiger partial charge in [0.15, 0.2) is 0 Å². The molecule has 0 unspecified atom stereocenters. The third kappa shape index (κ3) is 3.05. The van der Waals surface area contributed by atoms with Gasteiger partial charge in [0, 0.05) is 16.7 Å². The third-order valence-corrected chi connectivity index (χ3v) is 1.76. The lowest BCUT2D eigenvalue weighted by atomic mass is 10.4. The highest BCUT2D eigenvalue weighted by molar-refractivity contribution is 9.10. The first kappa shape index (κ1) is 9.26. The van der Waals surface area contributed by atoms with E-state index < -0.39 is 0 Å². The number of aromatic nitrogens is 1. The highest BCUT2D eigenvalue weighted by atomic mass is 79.9. The normalized spacial score (nSPS) is 9.42. The van der Waals surface area contributed by atoms with Crippen LogP contribution in [0.1, 0.15) is 6.42 Å². The van der Waals surface area contributed by atoms with Gasteiger partial charge in [0.2, 0.25) is 5.88 Å². The van der Waals surface area contributed by atoms with E-state index in [9.17, 15) is 0 Å². The van der Waals surface area contributed by atoms with Gasteiger partial charge in [-0.2, -0.15) is 0 Å². The highest BCUT2D eigenvalue weighted by Crippen LogP contribution is 2.14. The van der Waals surface area contributed by atoms with Crippen molar-refractivity contribution in [2.45, 2.75) is 6.42 Å². The van der Waals surface area contributed by atoms with Crippen molar-refractivity contribution >= 4 is 15.9 Å². The largest absolute Gasteiger partial charge is 0.477 e. The molecule has 0 bridgehead atoms. The Labute approximate surface area is 80.4 Å². The van der Waals surface area contributed by atoms with Crippen molar-refractivity contribution in [2.24, 2.45) is 0 Å². The van der Waals surface area contributed by atoms with Crippen molar-refractivity contribution in [2.75, 3.05) is 6.61 Å². The molecule has 2 nitrogen and oxygen atoms in total. The minimum Gasteiger partial charge on any atom is -0.477 e. The van der Waals surface area contributed by atoms with Gasteiger partial charge in [0.05, 0.1) is 6.61 Å². The monoisotopic (exact) mass is 227 g/mol. The summed E-state index contributed by atoms with van der Waals surface area (Å²) in [6.45, 7) is 4.23. The first-order valence-corrected chi connectivity index (χ1v) is 4.47. The molecule has 0 N–H and O–H groups in total. The van der Waals surface area contributed by atoms with Crippen LogP contribution in [0.2, 0.25) is 0 Å². The van der Waals surface area contributed by atoms with Crippen LogP contribution in [-0.4, -0.2) is 11.6 Å². The summed E-state index contributed by atoms with van der Waals surface area (Å²) in [7, 11) is 0. The predicted molar refractivity (Wildman–Crippen MR) is 52.2 cm³/mol. The van der Waals surface area contributed by atoms with Crippen molar-refractivity contribution in [3.8, 4) is 5.88 Å². The molecular formula is C9H10BrNO. The van der Waals surface area contributed by atoms with Crippen molar-refractivity contribution < 1.29 is 4.74 Å². The van der Waals surface area contributed by atoms with Crippen LogP contribution in [0.15, 0.2) is 35.5 Å².